The van der Waals surface area contributed by atoms with E-state index in [0.717, 1.165) is 12.5 Å². The molecule has 0 saturated heterocycles. The second kappa shape index (κ2) is 6.57. The molecule has 4 nitrogen and oxygen atoms in total. The number of carbonyl (C=O) groups excluding carboxylic acids is 1. The lowest BCUT2D eigenvalue weighted by atomic mass is 10.1. The minimum atomic E-state index is -4.44. The van der Waals surface area contributed by atoms with Crippen LogP contribution in [0.2, 0.25) is 0 Å². The van der Waals surface area contributed by atoms with Crippen molar-refractivity contribution in [2.45, 2.75) is 43.8 Å². The zero-order valence-corrected chi connectivity index (χ0v) is 12.4. The number of hydrogen-bond acceptors (Lipinski definition) is 3. The summed E-state index contributed by atoms with van der Waals surface area (Å²) in [6.45, 7) is 2.82. The molecule has 1 aromatic carbocycles. The molecule has 1 aromatic rings. The van der Waals surface area contributed by atoms with E-state index in [1.807, 2.05) is 4.72 Å². The van der Waals surface area contributed by atoms with Crippen LogP contribution in [0.4, 0.5) is 13.2 Å². The van der Waals surface area contributed by atoms with Crippen LogP contribution in [0.3, 0.4) is 0 Å². The van der Waals surface area contributed by atoms with Gasteiger partial charge in [0.05, 0.1) is 10.9 Å². The van der Waals surface area contributed by atoms with Crippen LogP contribution >= 0.6 is 0 Å². The van der Waals surface area contributed by atoms with E-state index in [1.54, 1.807) is 19.1 Å². The van der Waals surface area contributed by atoms with Crippen molar-refractivity contribution in [3.63, 3.8) is 0 Å². The minimum absolute atomic E-state index is 0.0913. The van der Waals surface area contributed by atoms with E-state index < -0.39 is 40.9 Å². The van der Waals surface area contributed by atoms with Crippen molar-refractivity contribution in [3.8, 4) is 0 Å². The molecule has 0 spiro atoms. The predicted octanol–water partition coefficient (Wildman–Crippen LogP) is 2.57. The van der Waals surface area contributed by atoms with Crippen LogP contribution in [-0.2, 0) is 14.8 Å². The molecule has 8 heteroatoms. The smallest absolute Gasteiger partial charge is 0.298 e. The maximum atomic E-state index is 12.2. The highest BCUT2D eigenvalue weighted by molar-refractivity contribution is 7.89. The molecular weight excluding hydrogens is 307 g/mol. The highest BCUT2D eigenvalue weighted by Crippen LogP contribution is 2.23. The Kier molecular flexibility index (Phi) is 5.52. The topological polar surface area (TPSA) is 63.2 Å². The number of alkyl halides is 3. The molecule has 0 aliphatic heterocycles. The molecule has 1 rings (SSSR count). The number of aryl methyl sites for hydroxylation is 1. The van der Waals surface area contributed by atoms with Gasteiger partial charge in [0.2, 0.25) is 10.0 Å². The van der Waals surface area contributed by atoms with Gasteiger partial charge in [-0.25, -0.2) is 13.1 Å². The Morgan fingerprint density at radius 3 is 2.19 bits per heavy atom. The van der Waals surface area contributed by atoms with Crippen molar-refractivity contribution in [2.24, 2.45) is 0 Å². The van der Waals surface area contributed by atoms with Gasteiger partial charge in [-0.05, 0) is 32.4 Å². The Bertz CT molecular complexity index is 594. The third-order valence-electron chi connectivity index (χ3n) is 2.84. The van der Waals surface area contributed by atoms with Gasteiger partial charge in [0, 0.05) is 6.42 Å². The van der Waals surface area contributed by atoms with Gasteiger partial charge in [-0.3, -0.25) is 4.79 Å². The average molecular weight is 323 g/mol. The number of rotatable bonds is 6. The standard InChI is InChI=1S/C13H16F3NO3S/c1-9-3-5-11(6-4-9)21(19,20)17-12(10(2)18)7-8-13(14,15)16/h3-6,12,17H,7-8H2,1-2H3. The van der Waals surface area contributed by atoms with E-state index >= 15 is 0 Å². The van der Waals surface area contributed by atoms with E-state index in [9.17, 15) is 26.4 Å². The normalized spacial score (nSPS) is 14.0. The fraction of sp³-hybridized carbons (Fsp3) is 0.462. The zero-order chi connectivity index (χ0) is 16.3. The first-order valence-electron chi connectivity index (χ1n) is 6.17. The minimum Gasteiger partial charge on any atom is -0.298 e. The third-order valence-corrected chi connectivity index (χ3v) is 4.32. The summed E-state index contributed by atoms with van der Waals surface area (Å²) in [4.78, 5) is 11.2. The van der Waals surface area contributed by atoms with E-state index in [2.05, 4.69) is 0 Å². The first-order valence-corrected chi connectivity index (χ1v) is 7.66. The van der Waals surface area contributed by atoms with Crippen molar-refractivity contribution in [3.05, 3.63) is 29.8 Å². The fourth-order valence-corrected chi connectivity index (χ4v) is 2.91. The van der Waals surface area contributed by atoms with Gasteiger partial charge in [0.1, 0.15) is 5.78 Å². The highest BCUT2D eigenvalue weighted by Gasteiger charge is 2.31. The maximum absolute atomic E-state index is 12.2. The Morgan fingerprint density at radius 1 is 1.24 bits per heavy atom. The molecule has 0 aliphatic carbocycles. The number of nitrogens with one attached hydrogen (secondary N) is 1. The number of benzene rings is 1. The second-order valence-corrected chi connectivity index (χ2v) is 6.47. The average Bonchev–Trinajstić information content (AvgIpc) is 2.33. The number of carbonyl (C=O) groups is 1. The van der Waals surface area contributed by atoms with E-state index in [0.29, 0.717) is 0 Å². The lowest BCUT2D eigenvalue weighted by Gasteiger charge is -2.17. The van der Waals surface area contributed by atoms with Gasteiger partial charge < -0.3 is 0 Å². The molecular formula is C13H16F3NO3S. The molecule has 1 N–H and O–H groups in total. The van der Waals surface area contributed by atoms with Crippen molar-refractivity contribution >= 4 is 15.8 Å². The monoisotopic (exact) mass is 323 g/mol. The lowest BCUT2D eigenvalue weighted by Crippen LogP contribution is -2.40. The summed E-state index contributed by atoms with van der Waals surface area (Å²) in [7, 11) is -4.03. The Morgan fingerprint density at radius 2 is 1.76 bits per heavy atom. The summed E-state index contributed by atoms with van der Waals surface area (Å²) in [6.07, 6.45) is -6.29. The predicted molar refractivity (Wildman–Crippen MR) is 71.3 cm³/mol. The van der Waals surface area contributed by atoms with Gasteiger partial charge in [-0.1, -0.05) is 17.7 Å². The van der Waals surface area contributed by atoms with Gasteiger partial charge >= 0.3 is 6.18 Å². The largest absolute Gasteiger partial charge is 0.389 e. The first kappa shape index (κ1) is 17.6. The summed E-state index contributed by atoms with van der Waals surface area (Å²) in [6, 6.07) is 4.40. The summed E-state index contributed by atoms with van der Waals surface area (Å²) < 4.78 is 62.7. The first-order chi connectivity index (χ1) is 9.51. The molecule has 0 saturated carbocycles. The Balaban J connectivity index is 2.87. The van der Waals surface area contributed by atoms with Gasteiger partial charge in [0.15, 0.2) is 0 Å². The van der Waals surface area contributed by atoms with Crippen LogP contribution in [0.25, 0.3) is 0 Å². The number of ketones is 1. The molecule has 0 radical (unpaired) electrons. The van der Waals surface area contributed by atoms with Crippen LogP contribution in [0, 0.1) is 6.92 Å². The van der Waals surface area contributed by atoms with Crippen molar-refractivity contribution in [2.75, 3.05) is 0 Å². The van der Waals surface area contributed by atoms with Gasteiger partial charge in [0.25, 0.3) is 0 Å². The molecule has 21 heavy (non-hydrogen) atoms. The summed E-state index contributed by atoms with van der Waals surface area (Å²) in [5, 5.41) is 0. The maximum Gasteiger partial charge on any atom is 0.389 e. The molecule has 0 aliphatic rings. The molecule has 0 amide bonds. The fourth-order valence-electron chi connectivity index (χ4n) is 1.63. The van der Waals surface area contributed by atoms with E-state index in [1.165, 1.54) is 12.1 Å². The number of halogens is 3. The SMILES string of the molecule is CC(=O)C(CCC(F)(F)F)NS(=O)(=O)c1ccc(C)cc1. The van der Waals surface area contributed by atoms with Crippen LogP contribution in [0.15, 0.2) is 29.2 Å². The van der Waals surface area contributed by atoms with Crippen molar-refractivity contribution in [1.29, 1.82) is 0 Å². The summed E-state index contributed by atoms with van der Waals surface area (Å²) in [5.74, 6) is -0.657. The van der Waals surface area contributed by atoms with Crippen LogP contribution < -0.4 is 4.72 Å². The number of hydrogen-bond donors (Lipinski definition) is 1. The van der Waals surface area contributed by atoms with Crippen LogP contribution in [-0.4, -0.2) is 26.4 Å². The molecule has 0 fully saturated rings. The van der Waals surface area contributed by atoms with E-state index in [4.69, 9.17) is 0 Å². The molecule has 118 valence electrons. The third kappa shape index (κ3) is 5.84. The summed E-state index contributed by atoms with van der Waals surface area (Å²) in [5.41, 5.74) is 0.842. The molecule has 0 aromatic heterocycles. The van der Waals surface area contributed by atoms with Crippen LogP contribution in [0.1, 0.15) is 25.3 Å². The highest BCUT2D eigenvalue weighted by atomic mass is 32.2. The number of sulfonamides is 1. The Hall–Kier alpha value is -1.41. The quantitative estimate of drug-likeness (QED) is 0.875. The van der Waals surface area contributed by atoms with Gasteiger partial charge in [-0.15, -0.1) is 0 Å². The molecule has 0 heterocycles. The van der Waals surface area contributed by atoms with Crippen molar-refractivity contribution in [1.82, 2.24) is 4.72 Å². The molecule has 1 atom stereocenters. The van der Waals surface area contributed by atoms with Gasteiger partial charge in [-0.2, -0.15) is 13.2 Å². The van der Waals surface area contributed by atoms with Crippen molar-refractivity contribution < 1.29 is 26.4 Å². The molecule has 0 bridgehead atoms. The molecule has 1 unspecified atom stereocenters. The van der Waals surface area contributed by atoms with E-state index in [-0.39, 0.29) is 4.90 Å². The number of Topliss-reactive ketones (excluding diaryl/α,β-unsaturated/α-hetero) is 1. The summed E-state index contributed by atoms with van der Waals surface area (Å²) >= 11 is 0. The zero-order valence-electron chi connectivity index (χ0n) is 11.6. The lowest BCUT2D eigenvalue weighted by molar-refractivity contribution is -0.138. The Labute approximate surface area is 121 Å². The van der Waals surface area contributed by atoms with Crippen LogP contribution in [0.5, 0.6) is 0 Å². The second-order valence-electron chi connectivity index (χ2n) is 4.75.